The molecule has 1 atom stereocenters. The summed E-state index contributed by atoms with van der Waals surface area (Å²) in [5.74, 6) is 0.286. The summed E-state index contributed by atoms with van der Waals surface area (Å²) in [7, 11) is 0. The van der Waals surface area contributed by atoms with Gasteiger partial charge in [0.15, 0.2) is 5.78 Å². The molecule has 0 spiro atoms. The average molecular weight is 273 g/mol. The van der Waals surface area contributed by atoms with Gasteiger partial charge in [-0.2, -0.15) is 0 Å². The highest BCUT2D eigenvalue weighted by Gasteiger charge is 2.21. The molecule has 1 unspecified atom stereocenters. The number of Topliss-reactive ketones (excluding diaryl/α,β-unsaturated/α-hetero) is 1. The summed E-state index contributed by atoms with van der Waals surface area (Å²) in [6.45, 7) is 10.1. The summed E-state index contributed by atoms with van der Waals surface area (Å²) in [6, 6.07) is 4.77. The highest BCUT2D eigenvalue weighted by molar-refractivity contribution is 6.00. The number of aryl methyl sites for hydroxylation is 3. The fourth-order valence-electron chi connectivity index (χ4n) is 3.45. The topological polar surface area (TPSA) is 20.3 Å². The molecule has 1 aromatic rings. The largest absolute Gasteiger partial charge is 0.293 e. The van der Waals surface area contributed by atoms with E-state index in [-0.39, 0.29) is 5.78 Å². The molecule has 2 nitrogen and oxygen atoms in total. The van der Waals surface area contributed by atoms with Crippen LogP contribution in [0.4, 0.5) is 0 Å². The maximum absolute atomic E-state index is 12.7. The summed E-state index contributed by atoms with van der Waals surface area (Å²) < 4.78 is 0. The molecule has 20 heavy (non-hydrogen) atoms. The Labute approximate surface area is 123 Å². The van der Waals surface area contributed by atoms with E-state index in [1.807, 2.05) is 0 Å². The van der Waals surface area contributed by atoms with E-state index in [0.717, 1.165) is 23.2 Å². The Morgan fingerprint density at radius 2 is 1.80 bits per heavy atom. The Balaban J connectivity index is 2.15. The van der Waals surface area contributed by atoms with E-state index < -0.39 is 0 Å². The zero-order valence-corrected chi connectivity index (χ0v) is 13.3. The van der Waals surface area contributed by atoms with E-state index in [9.17, 15) is 4.79 Å². The standard InChI is InChI=1S/C18H27NO/c1-13-10-14(2)18(15(3)11-13)17(20)12-19-9-7-5-6-8-16(19)4/h10-11,16H,5-9,12H2,1-4H3. The molecule has 1 aromatic carbocycles. The first-order valence-corrected chi connectivity index (χ1v) is 7.84. The van der Waals surface area contributed by atoms with Crippen molar-refractivity contribution in [1.29, 1.82) is 0 Å². The molecule has 0 saturated carbocycles. The van der Waals surface area contributed by atoms with Gasteiger partial charge in [-0.15, -0.1) is 0 Å². The van der Waals surface area contributed by atoms with Crippen molar-refractivity contribution in [1.82, 2.24) is 4.90 Å². The number of nitrogens with zero attached hydrogens (tertiary/aromatic N) is 1. The SMILES string of the molecule is Cc1cc(C)c(C(=O)CN2CCCCCC2C)c(C)c1. The summed E-state index contributed by atoms with van der Waals surface area (Å²) >= 11 is 0. The minimum Gasteiger partial charge on any atom is -0.293 e. The first kappa shape index (κ1) is 15.2. The number of ketones is 1. The predicted molar refractivity (Wildman–Crippen MR) is 84.5 cm³/mol. The molecule has 2 rings (SSSR count). The van der Waals surface area contributed by atoms with Crippen LogP contribution in [0.25, 0.3) is 0 Å². The van der Waals surface area contributed by atoms with Crippen LogP contribution in [0.1, 0.15) is 59.7 Å². The van der Waals surface area contributed by atoms with Gasteiger partial charge in [-0.05, 0) is 58.2 Å². The van der Waals surface area contributed by atoms with E-state index in [2.05, 4.69) is 44.7 Å². The van der Waals surface area contributed by atoms with Crippen LogP contribution < -0.4 is 0 Å². The molecule has 0 aliphatic carbocycles. The van der Waals surface area contributed by atoms with Gasteiger partial charge in [0.2, 0.25) is 0 Å². The van der Waals surface area contributed by atoms with Crippen molar-refractivity contribution in [3.05, 3.63) is 34.4 Å². The normalized spacial score (nSPS) is 20.7. The van der Waals surface area contributed by atoms with E-state index in [4.69, 9.17) is 0 Å². The summed E-state index contributed by atoms with van der Waals surface area (Å²) in [5.41, 5.74) is 4.41. The first-order valence-electron chi connectivity index (χ1n) is 7.84. The monoisotopic (exact) mass is 273 g/mol. The third-order valence-corrected chi connectivity index (χ3v) is 4.49. The zero-order chi connectivity index (χ0) is 14.7. The van der Waals surface area contributed by atoms with Gasteiger partial charge in [-0.1, -0.05) is 30.5 Å². The van der Waals surface area contributed by atoms with Gasteiger partial charge in [0.05, 0.1) is 6.54 Å². The zero-order valence-electron chi connectivity index (χ0n) is 13.3. The molecule has 0 N–H and O–H groups in total. The smallest absolute Gasteiger partial charge is 0.177 e. The lowest BCUT2D eigenvalue weighted by Crippen LogP contribution is -2.37. The van der Waals surface area contributed by atoms with Crippen LogP contribution in [-0.4, -0.2) is 29.8 Å². The fraction of sp³-hybridized carbons (Fsp3) is 0.611. The molecule has 1 fully saturated rings. The predicted octanol–water partition coefficient (Wildman–Crippen LogP) is 4.06. The highest BCUT2D eigenvalue weighted by atomic mass is 16.1. The van der Waals surface area contributed by atoms with Crippen molar-refractivity contribution in [2.24, 2.45) is 0 Å². The van der Waals surface area contributed by atoms with Crippen molar-refractivity contribution in [2.75, 3.05) is 13.1 Å². The highest BCUT2D eigenvalue weighted by Crippen LogP contribution is 2.20. The number of likely N-dealkylation sites (tertiary alicyclic amines) is 1. The van der Waals surface area contributed by atoms with Crippen LogP contribution in [0, 0.1) is 20.8 Å². The number of rotatable bonds is 3. The quantitative estimate of drug-likeness (QED) is 0.774. The third kappa shape index (κ3) is 3.49. The molecule has 1 aliphatic rings. The van der Waals surface area contributed by atoms with E-state index in [1.54, 1.807) is 0 Å². The molecule has 0 aromatic heterocycles. The molecular formula is C18H27NO. The van der Waals surface area contributed by atoms with Crippen molar-refractivity contribution >= 4 is 5.78 Å². The Hall–Kier alpha value is -1.15. The molecule has 110 valence electrons. The van der Waals surface area contributed by atoms with Crippen molar-refractivity contribution in [3.8, 4) is 0 Å². The lowest BCUT2D eigenvalue weighted by Gasteiger charge is -2.26. The van der Waals surface area contributed by atoms with Crippen LogP contribution in [0.5, 0.6) is 0 Å². The molecule has 2 heteroatoms. The maximum Gasteiger partial charge on any atom is 0.177 e. The summed E-state index contributed by atoms with van der Waals surface area (Å²) in [5, 5.41) is 0. The van der Waals surface area contributed by atoms with Crippen LogP contribution in [-0.2, 0) is 0 Å². The third-order valence-electron chi connectivity index (χ3n) is 4.49. The Morgan fingerprint density at radius 3 is 2.45 bits per heavy atom. The van der Waals surface area contributed by atoms with Crippen molar-refractivity contribution in [3.63, 3.8) is 0 Å². The fourth-order valence-corrected chi connectivity index (χ4v) is 3.45. The number of carbonyl (C=O) groups is 1. The molecule has 0 bridgehead atoms. The maximum atomic E-state index is 12.7. The second kappa shape index (κ2) is 6.53. The van der Waals surface area contributed by atoms with Crippen LogP contribution in [0.15, 0.2) is 12.1 Å². The Morgan fingerprint density at radius 1 is 1.15 bits per heavy atom. The second-order valence-corrected chi connectivity index (χ2v) is 6.37. The van der Waals surface area contributed by atoms with E-state index >= 15 is 0 Å². The molecular weight excluding hydrogens is 246 g/mol. The first-order chi connectivity index (χ1) is 9.49. The average Bonchev–Trinajstić information content (AvgIpc) is 2.53. The Bertz CT molecular complexity index is 469. The molecule has 1 saturated heterocycles. The van der Waals surface area contributed by atoms with Gasteiger partial charge in [0.25, 0.3) is 0 Å². The van der Waals surface area contributed by atoms with Gasteiger partial charge in [0.1, 0.15) is 0 Å². The van der Waals surface area contributed by atoms with Gasteiger partial charge in [-0.25, -0.2) is 0 Å². The molecule has 0 radical (unpaired) electrons. The van der Waals surface area contributed by atoms with Crippen molar-refractivity contribution in [2.45, 2.75) is 59.4 Å². The lowest BCUT2D eigenvalue weighted by atomic mass is 9.96. The minimum atomic E-state index is 0.286. The van der Waals surface area contributed by atoms with Gasteiger partial charge in [0, 0.05) is 11.6 Å². The number of hydrogen-bond donors (Lipinski definition) is 0. The molecule has 0 amide bonds. The number of benzene rings is 1. The summed E-state index contributed by atoms with van der Waals surface area (Å²) in [4.78, 5) is 15.1. The van der Waals surface area contributed by atoms with E-state index in [0.29, 0.717) is 12.6 Å². The Kier molecular flexibility index (Phi) is 4.98. The minimum absolute atomic E-state index is 0.286. The van der Waals surface area contributed by atoms with E-state index in [1.165, 1.54) is 31.2 Å². The lowest BCUT2D eigenvalue weighted by molar-refractivity contribution is 0.0900. The molecule has 1 heterocycles. The van der Waals surface area contributed by atoms with Crippen molar-refractivity contribution < 1.29 is 4.79 Å². The number of hydrogen-bond acceptors (Lipinski definition) is 2. The van der Waals surface area contributed by atoms with Crippen LogP contribution in [0.3, 0.4) is 0 Å². The van der Waals surface area contributed by atoms with Gasteiger partial charge >= 0.3 is 0 Å². The van der Waals surface area contributed by atoms with Crippen LogP contribution >= 0.6 is 0 Å². The van der Waals surface area contributed by atoms with Gasteiger partial charge in [-0.3, -0.25) is 9.69 Å². The van der Waals surface area contributed by atoms with Gasteiger partial charge < -0.3 is 0 Å². The second-order valence-electron chi connectivity index (χ2n) is 6.37. The number of carbonyl (C=O) groups excluding carboxylic acids is 1. The van der Waals surface area contributed by atoms with Crippen LogP contribution in [0.2, 0.25) is 0 Å². The molecule has 1 aliphatic heterocycles. The summed E-state index contributed by atoms with van der Waals surface area (Å²) in [6.07, 6.45) is 5.05.